The van der Waals surface area contributed by atoms with Gasteiger partial charge < -0.3 is 15.2 Å². The third kappa shape index (κ3) is 2.85. The largest absolute Gasteiger partial charge is 0.497 e. The number of ether oxygens (including phenoxy) is 2. The van der Waals surface area contributed by atoms with Crippen LogP contribution < -0.4 is 10.5 Å². The second-order valence-corrected chi connectivity index (χ2v) is 4.71. The predicted molar refractivity (Wildman–Crippen MR) is 74.5 cm³/mol. The van der Waals surface area contributed by atoms with E-state index < -0.39 is 5.97 Å². The van der Waals surface area contributed by atoms with Gasteiger partial charge in [-0.2, -0.15) is 0 Å². The molecule has 6 heteroatoms. The Morgan fingerprint density at radius 1 is 1.37 bits per heavy atom. The second-order valence-electron chi connectivity index (χ2n) is 3.68. The highest BCUT2D eigenvalue weighted by Crippen LogP contribution is 2.33. The topological polar surface area (TPSA) is 74.4 Å². The normalized spacial score (nSPS) is 10.2. The first-order valence-corrected chi connectivity index (χ1v) is 6.55. The van der Waals surface area contributed by atoms with E-state index in [1.54, 1.807) is 14.0 Å². The Labute approximate surface area is 115 Å². The molecule has 0 aliphatic carbocycles. The fraction of sp³-hybridized carbons (Fsp3) is 0.231. The minimum absolute atomic E-state index is 0.259. The fourth-order valence-electron chi connectivity index (χ4n) is 1.61. The van der Waals surface area contributed by atoms with E-state index in [1.165, 1.54) is 11.3 Å². The number of nitrogens with two attached hydrogens (primary N) is 1. The van der Waals surface area contributed by atoms with E-state index in [2.05, 4.69) is 4.98 Å². The van der Waals surface area contributed by atoms with Crippen molar-refractivity contribution in [2.24, 2.45) is 0 Å². The lowest BCUT2D eigenvalue weighted by molar-refractivity contribution is 0.0521. The van der Waals surface area contributed by atoms with Gasteiger partial charge in [0.1, 0.15) is 5.75 Å². The molecule has 0 unspecified atom stereocenters. The predicted octanol–water partition coefficient (Wildman–Crippen LogP) is 2.58. The summed E-state index contributed by atoms with van der Waals surface area (Å²) in [4.78, 5) is 16.6. The third-order valence-corrected chi connectivity index (χ3v) is 3.40. The highest BCUT2D eigenvalue weighted by Gasteiger charge is 2.19. The van der Waals surface area contributed by atoms with Crippen molar-refractivity contribution in [2.45, 2.75) is 6.92 Å². The summed E-state index contributed by atoms with van der Waals surface area (Å²) in [6, 6.07) is 7.35. The number of hydrogen-bond donors (Lipinski definition) is 1. The van der Waals surface area contributed by atoms with Gasteiger partial charge in [0.2, 0.25) is 0 Å². The Bertz CT molecular complexity index is 578. The van der Waals surface area contributed by atoms with Crippen LogP contribution in [0.3, 0.4) is 0 Å². The number of benzene rings is 1. The van der Waals surface area contributed by atoms with Crippen molar-refractivity contribution in [3.8, 4) is 16.2 Å². The van der Waals surface area contributed by atoms with E-state index in [-0.39, 0.29) is 5.69 Å². The average molecular weight is 278 g/mol. The molecule has 1 heterocycles. The van der Waals surface area contributed by atoms with Crippen molar-refractivity contribution < 1.29 is 14.3 Å². The van der Waals surface area contributed by atoms with Gasteiger partial charge in [-0.05, 0) is 36.8 Å². The summed E-state index contributed by atoms with van der Waals surface area (Å²) in [5.41, 5.74) is 6.80. The third-order valence-electron chi connectivity index (χ3n) is 2.46. The zero-order chi connectivity index (χ0) is 13.8. The summed E-state index contributed by atoms with van der Waals surface area (Å²) in [7, 11) is 1.60. The molecule has 0 amide bonds. The van der Waals surface area contributed by atoms with Crippen molar-refractivity contribution in [3.05, 3.63) is 30.0 Å². The zero-order valence-corrected chi connectivity index (χ0v) is 11.5. The molecular weight excluding hydrogens is 264 g/mol. The van der Waals surface area contributed by atoms with Crippen LogP contribution in [0.2, 0.25) is 0 Å². The maximum absolute atomic E-state index is 11.8. The van der Waals surface area contributed by atoms with Gasteiger partial charge in [0.25, 0.3) is 0 Å². The number of carbonyl (C=O) groups excluding carboxylic acids is 1. The van der Waals surface area contributed by atoms with E-state index in [0.29, 0.717) is 16.6 Å². The monoisotopic (exact) mass is 278 g/mol. The molecule has 1 aromatic carbocycles. The summed E-state index contributed by atoms with van der Waals surface area (Å²) < 4.78 is 10.1. The molecule has 5 nitrogen and oxygen atoms in total. The smallest absolute Gasteiger partial charge is 0.358 e. The first-order valence-electron chi connectivity index (χ1n) is 5.73. The molecular formula is C13H14N2O3S. The van der Waals surface area contributed by atoms with Crippen LogP contribution in [0.1, 0.15) is 17.4 Å². The molecule has 0 spiro atoms. The number of carbonyl (C=O) groups is 1. The van der Waals surface area contributed by atoms with Crippen molar-refractivity contribution >= 4 is 22.4 Å². The van der Waals surface area contributed by atoms with Gasteiger partial charge in [0.05, 0.1) is 18.6 Å². The van der Waals surface area contributed by atoms with Crippen molar-refractivity contribution in [2.75, 3.05) is 19.5 Å². The summed E-state index contributed by atoms with van der Waals surface area (Å²) >= 11 is 1.26. The molecule has 0 fully saturated rings. The quantitative estimate of drug-likeness (QED) is 0.870. The number of esters is 1. The maximum Gasteiger partial charge on any atom is 0.358 e. The maximum atomic E-state index is 11.8. The average Bonchev–Trinajstić information content (AvgIpc) is 2.81. The van der Waals surface area contributed by atoms with Gasteiger partial charge >= 0.3 is 5.97 Å². The molecule has 0 radical (unpaired) electrons. The van der Waals surface area contributed by atoms with Gasteiger partial charge in [-0.3, -0.25) is 0 Å². The minimum Gasteiger partial charge on any atom is -0.497 e. The van der Waals surface area contributed by atoms with Crippen molar-refractivity contribution in [1.82, 2.24) is 4.98 Å². The van der Waals surface area contributed by atoms with Crippen LogP contribution in [-0.2, 0) is 4.74 Å². The van der Waals surface area contributed by atoms with Gasteiger partial charge in [0.15, 0.2) is 10.8 Å². The standard InChI is InChI=1S/C13H14N2O3S/c1-3-18-12(16)10-11(19-13(14)15-10)8-4-6-9(17-2)7-5-8/h4-7H,3H2,1-2H3,(H2,14,15). The molecule has 0 aliphatic rings. The van der Waals surface area contributed by atoms with Gasteiger partial charge in [-0.1, -0.05) is 11.3 Å². The Morgan fingerprint density at radius 3 is 2.63 bits per heavy atom. The first-order chi connectivity index (χ1) is 9.15. The van der Waals surface area contributed by atoms with Crippen LogP contribution in [0.5, 0.6) is 5.75 Å². The SMILES string of the molecule is CCOC(=O)c1nc(N)sc1-c1ccc(OC)cc1. The van der Waals surface area contributed by atoms with Crippen molar-refractivity contribution in [1.29, 1.82) is 0 Å². The number of rotatable bonds is 4. The lowest BCUT2D eigenvalue weighted by Crippen LogP contribution is -2.06. The number of anilines is 1. The molecule has 1 aromatic heterocycles. The van der Waals surface area contributed by atoms with Crippen LogP contribution in [0.15, 0.2) is 24.3 Å². The van der Waals surface area contributed by atoms with E-state index in [0.717, 1.165) is 11.3 Å². The summed E-state index contributed by atoms with van der Waals surface area (Å²) in [5.74, 6) is 0.292. The molecule has 0 saturated carbocycles. The van der Waals surface area contributed by atoms with Crippen LogP contribution in [-0.4, -0.2) is 24.7 Å². The Balaban J connectivity index is 2.40. The molecule has 0 saturated heterocycles. The molecule has 0 atom stereocenters. The molecule has 0 bridgehead atoms. The van der Waals surface area contributed by atoms with E-state index in [4.69, 9.17) is 15.2 Å². The Morgan fingerprint density at radius 2 is 2.05 bits per heavy atom. The Hall–Kier alpha value is -2.08. The molecule has 100 valence electrons. The van der Waals surface area contributed by atoms with Crippen molar-refractivity contribution in [3.63, 3.8) is 0 Å². The van der Waals surface area contributed by atoms with E-state index in [1.807, 2.05) is 24.3 Å². The number of nitrogen functional groups attached to an aromatic ring is 1. The van der Waals surface area contributed by atoms with Crippen LogP contribution >= 0.6 is 11.3 Å². The van der Waals surface area contributed by atoms with E-state index in [9.17, 15) is 4.79 Å². The summed E-state index contributed by atoms with van der Waals surface area (Å²) in [5, 5.41) is 0.342. The summed E-state index contributed by atoms with van der Waals surface area (Å²) in [6.07, 6.45) is 0. The number of thiazole rings is 1. The lowest BCUT2D eigenvalue weighted by atomic mass is 10.1. The summed E-state index contributed by atoms with van der Waals surface area (Å²) in [6.45, 7) is 2.05. The molecule has 2 rings (SSSR count). The number of aromatic nitrogens is 1. The number of methoxy groups -OCH3 is 1. The second kappa shape index (κ2) is 5.71. The lowest BCUT2D eigenvalue weighted by Gasteiger charge is -2.03. The van der Waals surface area contributed by atoms with E-state index >= 15 is 0 Å². The molecule has 2 aromatic rings. The van der Waals surface area contributed by atoms with Crippen LogP contribution in [0.25, 0.3) is 10.4 Å². The van der Waals surface area contributed by atoms with Crippen LogP contribution in [0.4, 0.5) is 5.13 Å². The number of hydrogen-bond acceptors (Lipinski definition) is 6. The minimum atomic E-state index is -0.457. The zero-order valence-electron chi connectivity index (χ0n) is 10.7. The molecule has 2 N–H and O–H groups in total. The van der Waals surface area contributed by atoms with Gasteiger partial charge in [-0.15, -0.1) is 0 Å². The highest BCUT2D eigenvalue weighted by atomic mass is 32.1. The fourth-order valence-corrected chi connectivity index (χ4v) is 2.44. The van der Waals surface area contributed by atoms with Crippen LogP contribution in [0, 0.1) is 0 Å². The first kappa shape index (κ1) is 13.4. The van der Waals surface area contributed by atoms with Gasteiger partial charge in [0, 0.05) is 0 Å². The molecule has 0 aliphatic heterocycles. The number of nitrogens with zero attached hydrogens (tertiary/aromatic N) is 1. The van der Waals surface area contributed by atoms with Gasteiger partial charge in [-0.25, -0.2) is 9.78 Å². The highest BCUT2D eigenvalue weighted by molar-refractivity contribution is 7.19. The Kier molecular flexibility index (Phi) is 4.01. The molecule has 19 heavy (non-hydrogen) atoms.